The fourth-order valence-electron chi connectivity index (χ4n) is 0.572. The van der Waals surface area contributed by atoms with Crippen LogP contribution in [0.25, 0.3) is 0 Å². The number of nitrogens with one attached hydrogen (secondary N) is 1. The average molecular weight is 171 g/mol. The Kier molecular flexibility index (Phi) is 1.78. The summed E-state index contributed by atoms with van der Waals surface area (Å²) in [6.07, 6.45) is 0. The second-order valence-electron chi connectivity index (χ2n) is 2.04. The maximum Gasteiger partial charge on any atom is 0.372 e. The third kappa shape index (κ3) is 1.24. The van der Waals surface area contributed by atoms with Crippen molar-refractivity contribution in [1.82, 2.24) is 14.5 Å². The zero-order valence-corrected chi connectivity index (χ0v) is 6.07. The van der Waals surface area contributed by atoms with Crippen molar-refractivity contribution < 1.29 is 9.90 Å². The van der Waals surface area contributed by atoms with Gasteiger partial charge in [-0.3, -0.25) is 4.98 Å². The number of aromatic amines is 1. The van der Waals surface area contributed by atoms with Gasteiger partial charge in [-0.05, 0) is 0 Å². The Morgan fingerprint density at radius 3 is 2.58 bits per heavy atom. The van der Waals surface area contributed by atoms with Crippen LogP contribution in [-0.2, 0) is 7.05 Å². The number of aromatic nitrogens is 3. The summed E-state index contributed by atoms with van der Waals surface area (Å²) in [6, 6.07) is 0. The molecule has 12 heavy (non-hydrogen) atoms. The van der Waals surface area contributed by atoms with E-state index in [1.54, 1.807) is 0 Å². The Hall–Kier alpha value is -1.92. The van der Waals surface area contributed by atoms with E-state index in [9.17, 15) is 14.4 Å². The van der Waals surface area contributed by atoms with Crippen LogP contribution in [0.1, 0.15) is 10.6 Å². The minimum atomic E-state index is -1.44. The molecule has 0 bridgehead atoms. The molecule has 0 amide bonds. The maximum absolute atomic E-state index is 10.8. The first kappa shape index (κ1) is 8.18. The second-order valence-corrected chi connectivity index (χ2v) is 2.04. The summed E-state index contributed by atoms with van der Waals surface area (Å²) < 4.78 is 0.673. The summed E-state index contributed by atoms with van der Waals surface area (Å²) in [5, 5.41) is 8.34. The van der Waals surface area contributed by atoms with Crippen molar-refractivity contribution in [3.63, 3.8) is 0 Å². The topological polar surface area (TPSA) is 105 Å². The summed E-state index contributed by atoms with van der Waals surface area (Å²) in [5.74, 6) is -2.09. The van der Waals surface area contributed by atoms with Crippen LogP contribution in [0.5, 0.6) is 0 Å². The van der Waals surface area contributed by atoms with Gasteiger partial charge in [-0.15, -0.1) is 0 Å². The Morgan fingerprint density at radius 1 is 1.58 bits per heavy atom. The van der Waals surface area contributed by atoms with Gasteiger partial charge in [0.25, 0.3) is 0 Å². The van der Waals surface area contributed by atoms with Gasteiger partial charge in [-0.2, -0.15) is 4.98 Å². The van der Waals surface area contributed by atoms with Crippen molar-refractivity contribution in [1.29, 1.82) is 0 Å². The van der Waals surface area contributed by atoms with Gasteiger partial charge in [0.1, 0.15) is 0 Å². The van der Waals surface area contributed by atoms with E-state index >= 15 is 0 Å². The van der Waals surface area contributed by atoms with E-state index in [2.05, 4.69) is 4.98 Å². The molecule has 0 fully saturated rings. The van der Waals surface area contributed by atoms with E-state index in [1.807, 2.05) is 4.98 Å². The predicted molar refractivity (Wildman–Crippen MR) is 37.1 cm³/mol. The first-order valence-electron chi connectivity index (χ1n) is 2.93. The molecule has 0 atom stereocenters. The number of hydrogen-bond acceptors (Lipinski definition) is 4. The van der Waals surface area contributed by atoms with Crippen LogP contribution < -0.4 is 11.4 Å². The third-order valence-corrected chi connectivity index (χ3v) is 1.23. The molecule has 7 nitrogen and oxygen atoms in total. The van der Waals surface area contributed by atoms with Gasteiger partial charge < -0.3 is 5.11 Å². The largest absolute Gasteiger partial charge is 0.475 e. The van der Waals surface area contributed by atoms with E-state index < -0.39 is 23.2 Å². The van der Waals surface area contributed by atoms with Crippen LogP contribution in [0.3, 0.4) is 0 Å². The Bertz CT molecular complexity index is 398. The lowest BCUT2D eigenvalue weighted by atomic mass is 10.6. The fourth-order valence-corrected chi connectivity index (χ4v) is 0.572. The number of rotatable bonds is 1. The minimum Gasteiger partial charge on any atom is -0.475 e. The zero-order chi connectivity index (χ0) is 9.30. The SMILES string of the molecule is Cn1c(=O)nc(C(=O)O)[nH]c1=O. The third-order valence-electron chi connectivity index (χ3n) is 1.23. The molecule has 64 valence electrons. The van der Waals surface area contributed by atoms with Gasteiger partial charge in [0, 0.05) is 7.05 Å². The van der Waals surface area contributed by atoms with Gasteiger partial charge in [0.05, 0.1) is 0 Å². The normalized spacial score (nSPS) is 9.75. The minimum absolute atomic E-state index is 0.650. The number of carboxylic acid groups (broad SMARTS) is 1. The van der Waals surface area contributed by atoms with E-state index in [-0.39, 0.29) is 0 Å². The van der Waals surface area contributed by atoms with Gasteiger partial charge >= 0.3 is 17.3 Å². The van der Waals surface area contributed by atoms with Crippen LogP contribution in [0.2, 0.25) is 0 Å². The number of H-pyrrole nitrogens is 1. The molecule has 0 aromatic carbocycles. The molecule has 1 aromatic rings. The lowest BCUT2D eigenvalue weighted by Crippen LogP contribution is -2.36. The zero-order valence-electron chi connectivity index (χ0n) is 6.07. The monoisotopic (exact) mass is 171 g/mol. The number of carboxylic acids is 1. The molecule has 0 aliphatic carbocycles. The molecule has 0 spiro atoms. The van der Waals surface area contributed by atoms with Gasteiger partial charge in [-0.25, -0.2) is 19.0 Å². The Morgan fingerprint density at radius 2 is 2.17 bits per heavy atom. The van der Waals surface area contributed by atoms with Gasteiger partial charge in [0.2, 0.25) is 5.82 Å². The van der Waals surface area contributed by atoms with Crippen molar-refractivity contribution in [2.24, 2.45) is 7.05 Å². The summed E-state index contributed by atoms with van der Waals surface area (Å²) in [7, 11) is 1.19. The van der Waals surface area contributed by atoms with E-state index in [0.29, 0.717) is 4.57 Å². The molecule has 1 rings (SSSR count). The van der Waals surface area contributed by atoms with Crippen LogP contribution in [0, 0.1) is 0 Å². The summed E-state index contributed by atoms with van der Waals surface area (Å²) in [5.41, 5.74) is -1.69. The van der Waals surface area contributed by atoms with E-state index in [4.69, 9.17) is 5.11 Å². The van der Waals surface area contributed by atoms with Crippen molar-refractivity contribution in [2.75, 3.05) is 0 Å². The molecule has 1 heterocycles. The molecule has 0 aliphatic rings. The smallest absolute Gasteiger partial charge is 0.372 e. The molecule has 0 aliphatic heterocycles. The highest BCUT2D eigenvalue weighted by molar-refractivity contribution is 5.82. The molecular formula is C5H5N3O4. The standard InChI is InChI=1S/C5H5N3O4/c1-8-4(11)6-2(3(9)10)7-5(8)12/h1H3,(H,9,10)(H,6,7,11,12). The van der Waals surface area contributed by atoms with Gasteiger partial charge in [0.15, 0.2) is 0 Å². The van der Waals surface area contributed by atoms with Crippen LogP contribution in [0.15, 0.2) is 9.59 Å². The predicted octanol–water partition coefficient (Wildman–Crippen LogP) is -1.83. The second kappa shape index (κ2) is 2.61. The number of hydrogen-bond donors (Lipinski definition) is 2. The van der Waals surface area contributed by atoms with Crippen molar-refractivity contribution in [3.8, 4) is 0 Å². The highest BCUT2D eigenvalue weighted by atomic mass is 16.4. The van der Waals surface area contributed by atoms with E-state index in [1.165, 1.54) is 7.05 Å². The summed E-state index contributed by atoms with van der Waals surface area (Å²) in [6.45, 7) is 0. The van der Waals surface area contributed by atoms with Crippen molar-refractivity contribution in [3.05, 3.63) is 26.8 Å². The lowest BCUT2D eigenvalue weighted by molar-refractivity contribution is 0.0681. The molecule has 2 N–H and O–H groups in total. The summed E-state index contributed by atoms with van der Waals surface area (Å²) >= 11 is 0. The van der Waals surface area contributed by atoms with E-state index in [0.717, 1.165) is 0 Å². The highest BCUT2D eigenvalue weighted by Crippen LogP contribution is 1.77. The maximum atomic E-state index is 10.8. The Labute approximate surface area is 65.3 Å². The van der Waals surface area contributed by atoms with Crippen LogP contribution in [0.4, 0.5) is 0 Å². The molecule has 1 aromatic heterocycles. The molecule has 7 heteroatoms. The summed E-state index contributed by atoms with van der Waals surface area (Å²) in [4.78, 5) is 36.7. The van der Waals surface area contributed by atoms with Crippen molar-refractivity contribution >= 4 is 5.97 Å². The van der Waals surface area contributed by atoms with Gasteiger partial charge in [-0.1, -0.05) is 0 Å². The molecule has 0 radical (unpaired) electrons. The number of carbonyl (C=O) groups is 1. The number of aromatic carboxylic acids is 1. The Balaban J connectivity index is 3.52. The fraction of sp³-hybridized carbons (Fsp3) is 0.200. The molecule has 0 saturated carbocycles. The van der Waals surface area contributed by atoms with Crippen molar-refractivity contribution in [2.45, 2.75) is 0 Å². The highest BCUT2D eigenvalue weighted by Gasteiger charge is 2.08. The molecular weight excluding hydrogens is 166 g/mol. The number of nitrogens with zero attached hydrogens (tertiary/aromatic N) is 2. The van der Waals surface area contributed by atoms with Crippen LogP contribution >= 0.6 is 0 Å². The quantitative estimate of drug-likeness (QED) is 0.516. The first-order valence-corrected chi connectivity index (χ1v) is 2.93. The lowest BCUT2D eigenvalue weighted by Gasteiger charge is -1.94. The molecule has 0 unspecified atom stereocenters. The average Bonchev–Trinajstić information content (AvgIpc) is 1.99. The first-order chi connectivity index (χ1) is 5.52. The van der Waals surface area contributed by atoms with Crippen LogP contribution in [-0.4, -0.2) is 25.6 Å². The molecule has 0 saturated heterocycles.